The summed E-state index contributed by atoms with van der Waals surface area (Å²) >= 11 is 0. The summed E-state index contributed by atoms with van der Waals surface area (Å²) < 4.78 is 7.54. The zero-order valence-corrected chi connectivity index (χ0v) is 21.9. The summed E-state index contributed by atoms with van der Waals surface area (Å²) in [7, 11) is 2.02. The number of benzene rings is 2. The predicted octanol–water partition coefficient (Wildman–Crippen LogP) is 4.56. The molecule has 1 aliphatic carbocycles. The first-order chi connectivity index (χ1) is 17.2. The highest BCUT2D eigenvalue weighted by Crippen LogP contribution is 2.47. The van der Waals surface area contributed by atoms with E-state index in [1.54, 1.807) is 0 Å². The minimum atomic E-state index is -0.353. The first kappa shape index (κ1) is 23.3. The molecule has 3 heterocycles. The lowest BCUT2D eigenvalue weighted by Crippen LogP contribution is -2.56. The number of nitriles is 1. The van der Waals surface area contributed by atoms with Crippen LogP contribution in [-0.2, 0) is 17.2 Å². The van der Waals surface area contributed by atoms with Gasteiger partial charge in [-0.1, -0.05) is 33.8 Å². The summed E-state index contributed by atoms with van der Waals surface area (Å²) in [5.74, 6) is 0.407. The van der Waals surface area contributed by atoms with Gasteiger partial charge in [0.05, 0.1) is 42.0 Å². The van der Waals surface area contributed by atoms with E-state index in [2.05, 4.69) is 60.3 Å². The van der Waals surface area contributed by atoms with Gasteiger partial charge in [0.15, 0.2) is 5.78 Å². The van der Waals surface area contributed by atoms with Crippen LogP contribution in [0.2, 0.25) is 0 Å². The zero-order valence-electron chi connectivity index (χ0n) is 21.9. The van der Waals surface area contributed by atoms with Crippen molar-refractivity contribution in [3.63, 3.8) is 0 Å². The van der Waals surface area contributed by atoms with E-state index < -0.39 is 0 Å². The van der Waals surface area contributed by atoms with Crippen molar-refractivity contribution in [1.29, 1.82) is 5.26 Å². The maximum Gasteiger partial charge on any atom is 0.195 e. The number of rotatable bonds is 3. The number of carbonyl (C=O) groups excluding carboxylic acids is 1. The van der Waals surface area contributed by atoms with Gasteiger partial charge >= 0.3 is 0 Å². The molecule has 1 aromatic heterocycles. The SMILES string of the molecule is CC(C)c1cc2c(cc1N1CCN(C3COC3)CC1)C(C)(C)c1c(c3ccc(C#N)cc3n1C)C2=O. The fraction of sp³-hybridized carbons (Fsp3) is 0.467. The minimum Gasteiger partial charge on any atom is -0.378 e. The number of anilines is 1. The minimum absolute atomic E-state index is 0.0953. The van der Waals surface area contributed by atoms with E-state index in [1.807, 2.05) is 25.2 Å². The molecule has 0 amide bonds. The van der Waals surface area contributed by atoms with Crippen LogP contribution in [0.15, 0.2) is 30.3 Å². The number of nitrogens with zero attached hydrogens (tertiary/aromatic N) is 4. The van der Waals surface area contributed by atoms with E-state index in [4.69, 9.17) is 4.74 Å². The highest BCUT2D eigenvalue weighted by molar-refractivity contribution is 6.20. The molecule has 2 aromatic carbocycles. The second kappa shape index (κ2) is 8.19. The quantitative estimate of drug-likeness (QED) is 0.548. The second-order valence-electron chi connectivity index (χ2n) is 11.4. The van der Waals surface area contributed by atoms with Gasteiger partial charge in [0.2, 0.25) is 0 Å². The maximum atomic E-state index is 14.1. The monoisotopic (exact) mass is 482 g/mol. The molecule has 2 saturated heterocycles. The average Bonchev–Trinajstić information content (AvgIpc) is 3.14. The molecule has 3 aromatic rings. The van der Waals surface area contributed by atoms with Crippen LogP contribution in [0.25, 0.3) is 10.9 Å². The van der Waals surface area contributed by atoms with Crippen LogP contribution in [0.3, 0.4) is 0 Å². The Morgan fingerprint density at radius 3 is 2.42 bits per heavy atom. The Balaban J connectivity index is 1.47. The molecule has 6 rings (SSSR count). The van der Waals surface area contributed by atoms with Crippen molar-refractivity contribution in [2.24, 2.45) is 7.05 Å². The van der Waals surface area contributed by atoms with Crippen LogP contribution in [-0.4, -0.2) is 60.7 Å². The third-order valence-electron chi connectivity index (χ3n) is 8.65. The van der Waals surface area contributed by atoms with Crippen molar-refractivity contribution in [1.82, 2.24) is 9.47 Å². The molecule has 186 valence electrons. The van der Waals surface area contributed by atoms with Gasteiger partial charge in [-0.3, -0.25) is 9.69 Å². The Morgan fingerprint density at radius 1 is 1.08 bits per heavy atom. The van der Waals surface area contributed by atoms with Crippen LogP contribution >= 0.6 is 0 Å². The topological polar surface area (TPSA) is 61.5 Å². The molecule has 2 aliphatic heterocycles. The molecule has 36 heavy (non-hydrogen) atoms. The first-order valence-electron chi connectivity index (χ1n) is 13.0. The number of aromatic nitrogens is 1. The van der Waals surface area contributed by atoms with Crippen LogP contribution in [0.1, 0.15) is 71.9 Å². The number of ether oxygens (including phenoxy) is 1. The number of hydrogen-bond acceptors (Lipinski definition) is 5. The molecule has 0 N–H and O–H groups in total. The first-order valence-corrected chi connectivity index (χ1v) is 13.0. The molecule has 0 unspecified atom stereocenters. The average molecular weight is 483 g/mol. The highest BCUT2D eigenvalue weighted by Gasteiger charge is 2.42. The van der Waals surface area contributed by atoms with Crippen molar-refractivity contribution in [3.05, 3.63) is 63.8 Å². The molecule has 6 nitrogen and oxygen atoms in total. The molecular formula is C30H34N4O2. The van der Waals surface area contributed by atoms with Crippen molar-refractivity contribution < 1.29 is 9.53 Å². The van der Waals surface area contributed by atoms with Crippen molar-refractivity contribution in [2.45, 2.75) is 45.1 Å². The van der Waals surface area contributed by atoms with E-state index in [9.17, 15) is 10.1 Å². The molecule has 2 fully saturated rings. The van der Waals surface area contributed by atoms with Gasteiger partial charge in [-0.2, -0.15) is 5.26 Å². The Morgan fingerprint density at radius 2 is 1.81 bits per heavy atom. The smallest absolute Gasteiger partial charge is 0.195 e. The van der Waals surface area contributed by atoms with Gasteiger partial charge in [-0.05, 0) is 41.3 Å². The van der Waals surface area contributed by atoms with E-state index in [0.29, 0.717) is 17.5 Å². The molecule has 0 bridgehead atoms. The summed E-state index contributed by atoms with van der Waals surface area (Å²) in [4.78, 5) is 19.2. The molecule has 6 heteroatoms. The number of hydrogen-bond donors (Lipinski definition) is 0. The number of carbonyl (C=O) groups is 1. The number of fused-ring (bicyclic) bond motifs is 4. The zero-order chi connectivity index (χ0) is 25.4. The van der Waals surface area contributed by atoms with Crippen molar-refractivity contribution >= 4 is 22.4 Å². The number of piperazine rings is 1. The van der Waals surface area contributed by atoms with Crippen LogP contribution in [0.5, 0.6) is 0 Å². The summed E-state index contributed by atoms with van der Waals surface area (Å²) in [6, 6.07) is 13.0. The molecule has 0 spiro atoms. The van der Waals surface area contributed by atoms with Gasteiger partial charge in [0, 0.05) is 61.0 Å². The second-order valence-corrected chi connectivity index (χ2v) is 11.4. The van der Waals surface area contributed by atoms with Gasteiger partial charge in [-0.15, -0.1) is 0 Å². The Kier molecular flexibility index (Phi) is 5.30. The third-order valence-corrected chi connectivity index (χ3v) is 8.65. The highest BCUT2D eigenvalue weighted by atomic mass is 16.5. The maximum absolute atomic E-state index is 14.1. The van der Waals surface area contributed by atoms with Gasteiger partial charge < -0.3 is 14.2 Å². The van der Waals surface area contributed by atoms with Crippen LogP contribution in [0.4, 0.5) is 5.69 Å². The third kappa shape index (κ3) is 3.26. The fourth-order valence-electron chi connectivity index (χ4n) is 6.54. The summed E-state index contributed by atoms with van der Waals surface area (Å²) in [5.41, 5.74) is 7.44. The lowest BCUT2D eigenvalue weighted by atomic mass is 9.70. The van der Waals surface area contributed by atoms with E-state index in [-0.39, 0.29) is 11.2 Å². The largest absolute Gasteiger partial charge is 0.378 e. The molecule has 0 saturated carbocycles. The lowest BCUT2D eigenvalue weighted by Gasteiger charge is -2.44. The van der Waals surface area contributed by atoms with Gasteiger partial charge in [-0.25, -0.2) is 0 Å². The normalized spacial score (nSPS) is 19.8. The number of aryl methyl sites for hydroxylation is 1. The Bertz CT molecular complexity index is 1430. The molecule has 0 atom stereocenters. The molecular weight excluding hydrogens is 448 g/mol. The summed E-state index contributed by atoms with van der Waals surface area (Å²) in [6.07, 6.45) is 0. The van der Waals surface area contributed by atoms with Gasteiger partial charge in [0.1, 0.15) is 0 Å². The fourth-order valence-corrected chi connectivity index (χ4v) is 6.54. The summed E-state index contributed by atoms with van der Waals surface area (Å²) in [5, 5.41) is 10.4. The lowest BCUT2D eigenvalue weighted by molar-refractivity contribution is -0.0660. The van der Waals surface area contributed by atoms with E-state index in [1.165, 1.54) is 11.3 Å². The Hall–Kier alpha value is -3.14. The predicted molar refractivity (Wildman–Crippen MR) is 142 cm³/mol. The number of ketones is 1. The van der Waals surface area contributed by atoms with Crippen molar-refractivity contribution in [2.75, 3.05) is 44.3 Å². The van der Waals surface area contributed by atoms with Crippen molar-refractivity contribution in [3.8, 4) is 6.07 Å². The van der Waals surface area contributed by atoms with Crippen LogP contribution < -0.4 is 4.90 Å². The van der Waals surface area contributed by atoms with Gasteiger partial charge in [0.25, 0.3) is 0 Å². The molecule has 0 radical (unpaired) electrons. The Labute approximate surface area is 213 Å². The standard InChI is InChI=1S/C30H34N4O2/c1-18(2)22-13-23-24(14-26(22)34-10-8-33(9-11-34)20-16-36-17-20)30(3,4)29-27(28(23)35)21-7-6-19(15-31)12-25(21)32(29)5/h6-7,12-14,18,20H,8-11,16-17H2,1-5H3. The van der Waals surface area contributed by atoms with E-state index >= 15 is 0 Å². The summed E-state index contributed by atoms with van der Waals surface area (Å²) in [6.45, 7) is 14.7. The van der Waals surface area contributed by atoms with E-state index in [0.717, 1.165) is 72.7 Å². The molecule has 3 aliphatic rings. The van der Waals surface area contributed by atoms with Crippen LogP contribution in [0, 0.1) is 11.3 Å².